The molecule has 1 atom stereocenters. The summed E-state index contributed by atoms with van der Waals surface area (Å²) < 4.78 is 5.34. The number of fused-ring (bicyclic) bond motifs is 1. The van der Waals surface area contributed by atoms with Gasteiger partial charge in [-0.15, -0.1) is 0 Å². The Morgan fingerprint density at radius 2 is 1.89 bits per heavy atom. The highest BCUT2D eigenvalue weighted by Crippen LogP contribution is 2.23. The maximum absolute atomic E-state index is 13.3. The molecule has 0 amide bonds. The van der Waals surface area contributed by atoms with Crippen molar-refractivity contribution in [2.24, 2.45) is 0 Å². The van der Waals surface area contributed by atoms with Gasteiger partial charge in [0.05, 0.1) is 38.9 Å². The number of carbonyl (C=O) groups excluding carboxylic acids is 1. The number of Topliss-reactive ketones (excluding diaryl/α,β-unsaturated/α-hetero) is 1. The second-order valence-electron chi connectivity index (χ2n) is 7.60. The van der Waals surface area contributed by atoms with Gasteiger partial charge in [0.15, 0.2) is 0 Å². The van der Waals surface area contributed by atoms with Crippen LogP contribution in [0.2, 0.25) is 0 Å². The summed E-state index contributed by atoms with van der Waals surface area (Å²) in [6.45, 7) is 7.84. The van der Waals surface area contributed by atoms with E-state index in [0.29, 0.717) is 0 Å². The molecule has 0 aliphatic carbocycles. The van der Waals surface area contributed by atoms with Gasteiger partial charge in [-0.1, -0.05) is 24.3 Å². The van der Waals surface area contributed by atoms with Crippen molar-refractivity contribution in [3.05, 3.63) is 59.8 Å². The summed E-state index contributed by atoms with van der Waals surface area (Å²) in [5.74, 6) is 1.12. The van der Waals surface area contributed by atoms with E-state index in [1.165, 1.54) is 10.6 Å². The first-order valence-electron chi connectivity index (χ1n) is 9.93. The summed E-state index contributed by atoms with van der Waals surface area (Å²) in [5.41, 5.74) is 4.04. The quantitative estimate of drug-likeness (QED) is 0.671. The number of aromatic amines is 1. The van der Waals surface area contributed by atoms with Gasteiger partial charge in [-0.2, -0.15) is 0 Å². The second-order valence-corrected chi connectivity index (χ2v) is 7.60. The molecular formula is C23H28N3O2+. The fraction of sp³-hybridized carbons (Fsp3) is 0.348. The normalized spacial score (nSPS) is 16.3. The third kappa shape index (κ3) is 3.38. The first-order chi connectivity index (χ1) is 13.6. The van der Waals surface area contributed by atoms with Gasteiger partial charge in [0.2, 0.25) is 5.78 Å². The Hall–Kier alpha value is -2.79. The van der Waals surface area contributed by atoms with Crippen molar-refractivity contribution in [3.8, 4) is 5.75 Å². The Morgan fingerprint density at radius 1 is 1.14 bits per heavy atom. The van der Waals surface area contributed by atoms with Crippen molar-refractivity contribution in [2.75, 3.05) is 38.2 Å². The number of ketones is 1. The number of carbonyl (C=O) groups is 1. The number of aromatic nitrogens is 1. The molecule has 5 heteroatoms. The topological polar surface area (TPSA) is 49.8 Å². The SMILES string of the molecule is COc1cccc(N2CC[NH+]([C@@H](C)C(=O)c3c(C)[nH]c4ccccc34)CC2)c1. The third-order valence-electron chi connectivity index (χ3n) is 5.97. The molecule has 1 fully saturated rings. The van der Waals surface area contributed by atoms with E-state index in [1.54, 1.807) is 7.11 Å². The highest BCUT2D eigenvalue weighted by atomic mass is 16.5. The number of ether oxygens (including phenoxy) is 1. The van der Waals surface area contributed by atoms with Crippen molar-refractivity contribution in [1.82, 2.24) is 4.98 Å². The number of piperazine rings is 1. The molecule has 28 heavy (non-hydrogen) atoms. The number of nitrogens with zero attached hydrogens (tertiary/aromatic N) is 1. The zero-order chi connectivity index (χ0) is 19.7. The molecule has 0 unspecified atom stereocenters. The van der Waals surface area contributed by atoms with Gasteiger partial charge in [0, 0.05) is 28.4 Å². The Labute approximate surface area is 165 Å². The zero-order valence-corrected chi connectivity index (χ0v) is 16.8. The minimum absolute atomic E-state index is 0.0506. The van der Waals surface area contributed by atoms with Crippen LogP contribution in [-0.2, 0) is 0 Å². The highest BCUT2D eigenvalue weighted by Gasteiger charge is 2.32. The minimum Gasteiger partial charge on any atom is -0.497 e. The van der Waals surface area contributed by atoms with Crippen LogP contribution in [-0.4, -0.2) is 50.1 Å². The summed E-state index contributed by atoms with van der Waals surface area (Å²) in [4.78, 5) is 20.4. The third-order valence-corrected chi connectivity index (χ3v) is 5.97. The van der Waals surface area contributed by atoms with Crippen molar-refractivity contribution in [3.63, 3.8) is 0 Å². The number of benzene rings is 2. The van der Waals surface area contributed by atoms with Crippen molar-refractivity contribution >= 4 is 22.4 Å². The van der Waals surface area contributed by atoms with E-state index >= 15 is 0 Å². The highest BCUT2D eigenvalue weighted by molar-refractivity contribution is 6.10. The maximum Gasteiger partial charge on any atom is 0.222 e. The fourth-order valence-electron chi connectivity index (χ4n) is 4.29. The van der Waals surface area contributed by atoms with E-state index in [1.807, 2.05) is 43.3 Å². The summed E-state index contributed by atoms with van der Waals surface area (Å²) in [5, 5.41) is 1.03. The summed E-state index contributed by atoms with van der Waals surface area (Å²) >= 11 is 0. The predicted octanol–water partition coefficient (Wildman–Crippen LogP) is 2.46. The smallest absolute Gasteiger partial charge is 0.222 e. The van der Waals surface area contributed by atoms with Gasteiger partial charge in [-0.25, -0.2) is 0 Å². The molecule has 0 radical (unpaired) electrons. The summed E-state index contributed by atoms with van der Waals surface area (Å²) in [6.07, 6.45) is 0. The molecule has 1 aromatic heterocycles. The number of methoxy groups -OCH3 is 1. The lowest BCUT2D eigenvalue weighted by Gasteiger charge is -2.36. The van der Waals surface area contributed by atoms with Crippen molar-refractivity contribution < 1.29 is 14.4 Å². The molecule has 2 heterocycles. The molecule has 146 valence electrons. The molecule has 0 bridgehead atoms. The Bertz CT molecular complexity index is 986. The largest absolute Gasteiger partial charge is 0.497 e. The molecule has 2 N–H and O–H groups in total. The predicted molar refractivity (Wildman–Crippen MR) is 113 cm³/mol. The molecule has 1 aliphatic rings. The first kappa shape index (κ1) is 18.6. The number of anilines is 1. The molecule has 0 spiro atoms. The Kier molecular flexibility index (Phi) is 5.09. The van der Waals surface area contributed by atoms with E-state index in [2.05, 4.69) is 28.9 Å². The monoisotopic (exact) mass is 378 g/mol. The summed E-state index contributed by atoms with van der Waals surface area (Å²) in [7, 11) is 1.70. The van der Waals surface area contributed by atoms with Gasteiger partial charge in [-0.05, 0) is 32.0 Å². The molecule has 1 saturated heterocycles. The lowest BCUT2D eigenvalue weighted by atomic mass is 10.0. The lowest BCUT2D eigenvalue weighted by Crippen LogP contribution is -3.18. The maximum atomic E-state index is 13.3. The van der Waals surface area contributed by atoms with Crippen LogP contribution in [0.1, 0.15) is 23.0 Å². The fourth-order valence-corrected chi connectivity index (χ4v) is 4.29. The Balaban J connectivity index is 1.47. The standard InChI is InChI=1S/C23H27N3O2/c1-16-22(20-9-4-5-10-21(20)24-16)23(27)17(2)25-11-13-26(14-12-25)18-7-6-8-19(15-18)28-3/h4-10,15,17,24H,11-14H2,1-3H3/p+1/t17-/m0/s1. The number of quaternary nitrogens is 1. The van der Waals surface area contributed by atoms with Gasteiger partial charge in [0.1, 0.15) is 11.8 Å². The summed E-state index contributed by atoms with van der Waals surface area (Å²) in [6, 6.07) is 16.2. The van der Waals surface area contributed by atoms with Gasteiger partial charge in [0.25, 0.3) is 0 Å². The number of rotatable bonds is 5. The van der Waals surface area contributed by atoms with Crippen molar-refractivity contribution in [1.29, 1.82) is 0 Å². The van der Waals surface area contributed by atoms with Gasteiger partial charge in [-0.3, -0.25) is 4.79 Å². The first-order valence-corrected chi connectivity index (χ1v) is 9.93. The zero-order valence-electron chi connectivity index (χ0n) is 16.8. The van der Waals surface area contributed by atoms with Crippen molar-refractivity contribution in [2.45, 2.75) is 19.9 Å². The van der Waals surface area contributed by atoms with Crippen LogP contribution in [0.3, 0.4) is 0 Å². The van der Waals surface area contributed by atoms with Crippen LogP contribution in [0.5, 0.6) is 5.75 Å². The molecule has 1 aliphatic heterocycles. The molecule has 3 aromatic rings. The molecule has 4 rings (SSSR count). The van der Waals surface area contributed by atoms with Crippen LogP contribution in [0.15, 0.2) is 48.5 Å². The van der Waals surface area contributed by atoms with Crippen LogP contribution in [0.4, 0.5) is 5.69 Å². The number of hydrogen-bond donors (Lipinski definition) is 2. The van der Waals surface area contributed by atoms with Gasteiger partial charge >= 0.3 is 0 Å². The van der Waals surface area contributed by atoms with Crippen LogP contribution >= 0.6 is 0 Å². The number of aryl methyl sites for hydroxylation is 1. The number of nitrogens with one attached hydrogen (secondary N) is 2. The second kappa shape index (κ2) is 7.68. The van der Waals surface area contributed by atoms with Crippen LogP contribution in [0, 0.1) is 6.92 Å². The average molecular weight is 378 g/mol. The number of para-hydroxylation sites is 1. The minimum atomic E-state index is -0.0506. The average Bonchev–Trinajstić information content (AvgIpc) is 3.08. The van der Waals surface area contributed by atoms with Gasteiger partial charge < -0.3 is 19.5 Å². The Morgan fingerprint density at radius 3 is 2.64 bits per heavy atom. The van der Waals surface area contributed by atoms with E-state index in [9.17, 15) is 4.79 Å². The van der Waals surface area contributed by atoms with E-state index in [-0.39, 0.29) is 11.8 Å². The molecule has 5 nitrogen and oxygen atoms in total. The van der Waals surface area contributed by atoms with E-state index in [4.69, 9.17) is 4.74 Å². The van der Waals surface area contributed by atoms with E-state index < -0.39 is 0 Å². The molecule has 0 saturated carbocycles. The number of H-pyrrole nitrogens is 1. The van der Waals surface area contributed by atoms with E-state index in [0.717, 1.165) is 54.1 Å². The molecular weight excluding hydrogens is 350 g/mol. The van der Waals surface area contributed by atoms with Crippen LogP contribution in [0.25, 0.3) is 10.9 Å². The van der Waals surface area contributed by atoms with Crippen LogP contribution < -0.4 is 14.5 Å². The number of hydrogen-bond acceptors (Lipinski definition) is 3. The lowest BCUT2D eigenvalue weighted by molar-refractivity contribution is -0.914. The molecule has 2 aromatic carbocycles.